The van der Waals surface area contributed by atoms with Gasteiger partial charge in [-0.05, 0) is 44.3 Å². The van der Waals surface area contributed by atoms with Crippen LogP contribution in [-0.2, 0) is 6.54 Å². The molecular weight excluding hydrogens is 316 g/mol. The predicted molar refractivity (Wildman–Crippen MR) is 98.6 cm³/mol. The summed E-state index contributed by atoms with van der Waals surface area (Å²) in [4.78, 5) is 2.59. The molecule has 2 aliphatic rings. The van der Waals surface area contributed by atoms with E-state index >= 15 is 0 Å². The number of piperidine rings is 1. The van der Waals surface area contributed by atoms with Crippen molar-refractivity contribution in [3.63, 3.8) is 0 Å². The Bertz CT molecular complexity index is 645. The summed E-state index contributed by atoms with van der Waals surface area (Å²) >= 11 is 1.87. The second kappa shape index (κ2) is 7.70. The van der Waals surface area contributed by atoms with Crippen LogP contribution in [0.15, 0.2) is 35.5 Å². The minimum absolute atomic E-state index is 0.637. The van der Waals surface area contributed by atoms with Crippen molar-refractivity contribution >= 4 is 11.8 Å². The largest absolute Gasteiger partial charge is 0.303 e. The van der Waals surface area contributed by atoms with Crippen LogP contribution in [0.2, 0.25) is 0 Å². The van der Waals surface area contributed by atoms with E-state index < -0.39 is 0 Å². The van der Waals surface area contributed by atoms with Gasteiger partial charge in [-0.3, -0.25) is 0 Å². The standard InChI is InChI=1S/C19H26N4S/c1-3-7-16(8-4-1)15-23-18(17-9-10-17)20-21-19(23)24-14-13-22-11-5-2-6-12-22/h1,3-4,7-8,17H,2,5-6,9-15H2. The van der Waals surface area contributed by atoms with Gasteiger partial charge >= 0.3 is 0 Å². The topological polar surface area (TPSA) is 34.0 Å². The second-order valence-corrected chi connectivity index (χ2v) is 8.00. The summed E-state index contributed by atoms with van der Waals surface area (Å²) in [6, 6.07) is 10.7. The summed E-state index contributed by atoms with van der Waals surface area (Å²) in [5.74, 6) is 2.94. The molecule has 4 rings (SSSR count). The average molecular weight is 343 g/mol. The van der Waals surface area contributed by atoms with Gasteiger partial charge < -0.3 is 9.47 Å². The molecule has 2 aromatic rings. The number of hydrogen-bond acceptors (Lipinski definition) is 4. The molecule has 1 saturated heterocycles. The Morgan fingerprint density at radius 3 is 2.54 bits per heavy atom. The molecule has 0 spiro atoms. The number of benzene rings is 1. The van der Waals surface area contributed by atoms with E-state index in [1.807, 2.05) is 11.8 Å². The normalized spacial score (nSPS) is 18.8. The maximum absolute atomic E-state index is 4.52. The fraction of sp³-hybridized carbons (Fsp3) is 0.579. The zero-order chi connectivity index (χ0) is 16.2. The molecule has 128 valence electrons. The highest BCUT2D eigenvalue weighted by atomic mass is 32.2. The van der Waals surface area contributed by atoms with Gasteiger partial charge in [0.1, 0.15) is 5.82 Å². The second-order valence-electron chi connectivity index (χ2n) is 6.94. The third-order valence-corrected chi connectivity index (χ3v) is 5.91. The summed E-state index contributed by atoms with van der Waals surface area (Å²) in [7, 11) is 0. The minimum atomic E-state index is 0.637. The number of thioether (sulfide) groups is 1. The molecule has 1 saturated carbocycles. The van der Waals surface area contributed by atoms with Crippen LogP contribution in [-0.4, -0.2) is 45.1 Å². The van der Waals surface area contributed by atoms with Crippen molar-refractivity contribution in [2.45, 2.75) is 49.7 Å². The number of nitrogens with zero attached hydrogens (tertiary/aromatic N) is 4. The molecule has 1 aromatic carbocycles. The van der Waals surface area contributed by atoms with E-state index in [-0.39, 0.29) is 0 Å². The Kier molecular flexibility index (Phi) is 5.18. The molecule has 0 unspecified atom stereocenters. The molecule has 1 aliphatic heterocycles. The van der Waals surface area contributed by atoms with Crippen LogP contribution in [0.25, 0.3) is 0 Å². The highest BCUT2D eigenvalue weighted by molar-refractivity contribution is 7.99. The van der Waals surface area contributed by atoms with Crippen LogP contribution in [0.3, 0.4) is 0 Å². The molecule has 0 radical (unpaired) electrons. The van der Waals surface area contributed by atoms with Gasteiger partial charge in [-0.25, -0.2) is 0 Å². The Morgan fingerprint density at radius 1 is 1.00 bits per heavy atom. The monoisotopic (exact) mass is 342 g/mol. The van der Waals surface area contributed by atoms with Gasteiger partial charge in [0, 0.05) is 18.2 Å². The first kappa shape index (κ1) is 16.2. The SMILES string of the molecule is c1ccc(Cn2c(SCCN3CCCCC3)nnc2C2CC2)cc1. The zero-order valence-corrected chi connectivity index (χ0v) is 15.0. The summed E-state index contributed by atoms with van der Waals surface area (Å²) in [6.07, 6.45) is 6.66. The van der Waals surface area contributed by atoms with E-state index in [0.717, 1.165) is 17.5 Å². The smallest absolute Gasteiger partial charge is 0.191 e. The number of likely N-dealkylation sites (tertiary alicyclic amines) is 1. The van der Waals surface area contributed by atoms with Crippen LogP contribution in [0, 0.1) is 0 Å². The van der Waals surface area contributed by atoms with Gasteiger partial charge in [-0.1, -0.05) is 48.5 Å². The lowest BCUT2D eigenvalue weighted by Crippen LogP contribution is -2.31. The fourth-order valence-corrected chi connectivity index (χ4v) is 4.36. The van der Waals surface area contributed by atoms with E-state index in [0.29, 0.717) is 5.92 Å². The quantitative estimate of drug-likeness (QED) is 0.717. The molecule has 2 heterocycles. The Morgan fingerprint density at radius 2 is 1.79 bits per heavy atom. The van der Waals surface area contributed by atoms with Crippen LogP contribution >= 0.6 is 11.8 Å². The van der Waals surface area contributed by atoms with Gasteiger partial charge in [-0.2, -0.15) is 0 Å². The Hall–Kier alpha value is -1.33. The molecule has 1 aliphatic carbocycles. The Labute approximate surface area is 148 Å². The van der Waals surface area contributed by atoms with Crippen molar-refractivity contribution in [1.82, 2.24) is 19.7 Å². The number of hydrogen-bond donors (Lipinski definition) is 0. The zero-order valence-electron chi connectivity index (χ0n) is 14.2. The van der Waals surface area contributed by atoms with E-state index in [2.05, 4.69) is 50.0 Å². The molecular formula is C19H26N4S. The lowest BCUT2D eigenvalue weighted by atomic mass is 10.1. The number of rotatable bonds is 7. The van der Waals surface area contributed by atoms with Crippen molar-refractivity contribution in [2.75, 3.05) is 25.4 Å². The first-order chi connectivity index (χ1) is 11.9. The van der Waals surface area contributed by atoms with E-state index in [9.17, 15) is 0 Å². The minimum Gasteiger partial charge on any atom is -0.303 e. The lowest BCUT2D eigenvalue weighted by Gasteiger charge is -2.25. The van der Waals surface area contributed by atoms with Gasteiger partial charge in [0.2, 0.25) is 0 Å². The first-order valence-corrected chi connectivity index (χ1v) is 10.2. The molecule has 1 aromatic heterocycles. The van der Waals surface area contributed by atoms with Gasteiger partial charge in [0.25, 0.3) is 0 Å². The van der Waals surface area contributed by atoms with Crippen molar-refractivity contribution in [3.8, 4) is 0 Å². The Balaban J connectivity index is 1.42. The molecule has 0 N–H and O–H groups in total. The van der Waals surface area contributed by atoms with E-state index in [1.54, 1.807) is 0 Å². The molecule has 2 fully saturated rings. The van der Waals surface area contributed by atoms with Crippen LogP contribution in [0.1, 0.15) is 49.4 Å². The van der Waals surface area contributed by atoms with E-state index in [1.165, 1.54) is 63.1 Å². The van der Waals surface area contributed by atoms with Crippen molar-refractivity contribution in [3.05, 3.63) is 41.7 Å². The van der Waals surface area contributed by atoms with Gasteiger partial charge in [-0.15, -0.1) is 10.2 Å². The maximum Gasteiger partial charge on any atom is 0.191 e. The summed E-state index contributed by atoms with van der Waals surface area (Å²) < 4.78 is 2.36. The fourth-order valence-electron chi connectivity index (χ4n) is 3.41. The molecule has 5 heteroatoms. The van der Waals surface area contributed by atoms with Gasteiger partial charge in [0.05, 0.1) is 6.54 Å². The third-order valence-electron chi connectivity index (χ3n) is 4.96. The van der Waals surface area contributed by atoms with Crippen LogP contribution in [0.5, 0.6) is 0 Å². The molecule has 0 amide bonds. The maximum atomic E-state index is 4.52. The molecule has 24 heavy (non-hydrogen) atoms. The highest BCUT2D eigenvalue weighted by Gasteiger charge is 2.30. The number of aromatic nitrogens is 3. The summed E-state index contributed by atoms with van der Waals surface area (Å²) in [5.41, 5.74) is 1.33. The average Bonchev–Trinajstić information content (AvgIpc) is 3.40. The van der Waals surface area contributed by atoms with Crippen molar-refractivity contribution in [1.29, 1.82) is 0 Å². The van der Waals surface area contributed by atoms with Crippen molar-refractivity contribution in [2.24, 2.45) is 0 Å². The molecule has 4 nitrogen and oxygen atoms in total. The summed E-state index contributed by atoms with van der Waals surface area (Å²) in [5, 5.41) is 10.1. The molecule has 0 bridgehead atoms. The van der Waals surface area contributed by atoms with Crippen LogP contribution in [0.4, 0.5) is 0 Å². The predicted octanol–water partition coefficient (Wildman–Crippen LogP) is 3.78. The summed E-state index contributed by atoms with van der Waals surface area (Å²) in [6.45, 7) is 4.60. The first-order valence-electron chi connectivity index (χ1n) is 9.22. The van der Waals surface area contributed by atoms with Crippen LogP contribution < -0.4 is 0 Å². The highest BCUT2D eigenvalue weighted by Crippen LogP contribution is 2.40. The van der Waals surface area contributed by atoms with E-state index in [4.69, 9.17) is 0 Å². The van der Waals surface area contributed by atoms with Gasteiger partial charge in [0.15, 0.2) is 5.16 Å². The third kappa shape index (κ3) is 4.01. The van der Waals surface area contributed by atoms with Crippen molar-refractivity contribution < 1.29 is 0 Å². The molecule has 0 atom stereocenters. The lowest BCUT2D eigenvalue weighted by molar-refractivity contribution is 0.242.